The van der Waals surface area contributed by atoms with Gasteiger partial charge >= 0.3 is 11.9 Å². The molecule has 4 heterocycles. The number of nitrogens with two attached hydrogens (primary N) is 1. The van der Waals surface area contributed by atoms with Crippen molar-refractivity contribution in [2.45, 2.75) is 39.1 Å². The maximum absolute atomic E-state index is 13.3. The van der Waals surface area contributed by atoms with Gasteiger partial charge in [-0.2, -0.15) is 0 Å². The Bertz CT molecular complexity index is 1460. The van der Waals surface area contributed by atoms with Crippen molar-refractivity contribution < 1.29 is 33.5 Å². The van der Waals surface area contributed by atoms with Crippen LogP contribution < -0.4 is 11.1 Å². The van der Waals surface area contributed by atoms with Gasteiger partial charge in [0.1, 0.15) is 29.9 Å². The van der Waals surface area contributed by atoms with Crippen LogP contribution in [0.15, 0.2) is 33.4 Å². The van der Waals surface area contributed by atoms with Crippen LogP contribution in [0.1, 0.15) is 37.0 Å². The van der Waals surface area contributed by atoms with E-state index in [9.17, 15) is 19.2 Å². The van der Waals surface area contributed by atoms with Crippen LogP contribution in [0.3, 0.4) is 0 Å². The first-order valence-corrected chi connectivity index (χ1v) is 15.0. The Hall–Kier alpha value is -3.76. The van der Waals surface area contributed by atoms with Crippen LogP contribution in [0.25, 0.3) is 6.08 Å². The summed E-state index contributed by atoms with van der Waals surface area (Å²) >= 11 is 3.92. The van der Waals surface area contributed by atoms with E-state index in [0.717, 1.165) is 21.9 Å². The summed E-state index contributed by atoms with van der Waals surface area (Å²) in [4.78, 5) is 67.0. The lowest BCUT2D eigenvalue weighted by Crippen LogP contribution is -2.71. The van der Waals surface area contributed by atoms with Gasteiger partial charge in [0.15, 0.2) is 10.8 Å². The maximum Gasteiger partial charge on any atom is 0.358 e. The number of oxime groups is 1. The van der Waals surface area contributed by atoms with Crippen LogP contribution in [0.2, 0.25) is 0 Å². The van der Waals surface area contributed by atoms with Crippen molar-refractivity contribution in [1.82, 2.24) is 20.2 Å². The number of hydrogen-bond donors (Lipinski definition) is 2. The normalized spacial score (nSPS) is 19.1. The molecular formula is C25H28N6O7S3. The Morgan fingerprint density at radius 2 is 2.00 bits per heavy atom. The van der Waals surface area contributed by atoms with Crippen LogP contribution >= 0.6 is 34.4 Å². The number of amides is 2. The first kappa shape index (κ1) is 30.2. The standard InChI is InChI=1S/C25H28N6O7S3/c1-12-15(41-10-27-12)7-6-13-8-39-21-17(29-19(32)16(30-36-5)14-9-40-24(26)28-14)20(33)31(21)18(13)22(34)37-11-38-23(35)25(2,3)4/h6-7,9-10,17,21H,8,11H2,1-5H3,(H2,26,28)(H,29,32)/t17-,21-/m1/s1. The molecule has 2 aliphatic rings. The van der Waals surface area contributed by atoms with E-state index in [1.165, 1.54) is 35.1 Å². The van der Waals surface area contributed by atoms with Gasteiger partial charge in [-0.3, -0.25) is 19.3 Å². The number of aryl methyl sites for hydroxylation is 1. The molecule has 0 aromatic carbocycles. The van der Waals surface area contributed by atoms with E-state index >= 15 is 0 Å². The number of rotatable bonds is 9. The molecule has 3 N–H and O–H groups in total. The summed E-state index contributed by atoms with van der Waals surface area (Å²) < 4.78 is 10.3. The fraction of sp³-hybridized carbons (Fsp3) is 0.400. The van der Waals surface area contributed by atoms with E-state index in [1.807, 2.05) is 13.0 Å². The number of thioether (sulfide) groups is 1. The molecule has 0 bridgehead atoms. The zero-order valence-corrected chi connectivity index (χ0v) is 25.3. The zero-order chi connectivity index (χ0) is 29.9. The van der Waals surface area contributed by atoms with Crippen LogP contribution in [0.5, 0.6) is 0 Å². The lowest BCUT2D eigenvalue weighted by molar-refractivity contribution is -0.173. The highest BCUT2D eigenvalue weighted by molar-refractivity contribution is 8.00. The van der Waals surface area contributed by atoms with Gasteiger partial charge in [-0.05, 0) is 39.3 Å². The molecule has 2 amide bonds. The zero-order valence-electron chi connectivity index (χ0n) is 22.8. The average Bonchev–Trinajstić information content (AvgIpc) is 3.54. The second-order valence-electron chi connectivity index (χ2n) is 9.80. The summed E-state index contributed by atoms with van der Waals surface area (Å²) in [6.07, 6.45) is 3.55. The van der Waals surface area contributed by atoms with E-state index < -0.39 is 47.4 Å². The maximum atomic E-state index is 13.3. The van der Waals surface area contributed by atoms with Crippen molar-refractivity contribution in [3.05, 3.63) is 44.5 Å². The molecule has 0 aliphatic carbocycles. The SMILES string of the molecule is CON=C(C(=O)N[C@@H]1C(=O)N2C(C(=O)OCOC(=O)C(C)(C)C)=C(C=Cc3scnc3C)CS[C@H]12)c1csc(N)n1. The van der Waals surface area contributed by atoms with Crippen LogP contribution in [-0.4, -0.2) is 75.4 Å². The fourth-order valence-corrected chi connectivity index (χ4v) is 6.29. The first-order chi connectivity index (χ1) is 19.4. The molecule has 2 atom stereocenters. The molecule has 13 nitrogen and oxygen atoms in total. The van der Waals surface area contributed by atoms with Gasteiger partial charge in [-0.15, -0.1) is 34.4 Å². The predicted molar refractivity (Wildman–Crippen MR) is 155 cm³/mol. The van der Waals surface area contributed by atoms with Gasteiger partial charge in [-0.25, -0.2) is 14.8 Å². The number of carbonyl (C=O) groups is 4. The van der Waals surface area contributed by atoms with Crippen molar-refractivity contribution in [2.75, 3.05) is 25.4 Å². The Morgan fingerprint density at radius 3 is 2.61 bits per heavy atom. The molecule has 1 saturated heterocycles. The lowest BCUT2D eigenvalue weighted by atomic mass is 9.98. The number of thiazole rings is 2. The average molecular weight is 621 g/mol. The van der Waals surface area contributed by atoms with Crippen molar-refractivity contribution >= 4 is 75.1 Å². The van der Waals surface area contributed by atoms with Crippen molar-refractivity contribution in [1.29, 1.82) is 0 Å². The smallest absolute Gasteiger partial charge is 0.358 e. The second kappa shape index (κ2) is 12.4. The minimum Gasteiger partial charge on any atom is -0.427 e. The van der Waals surface area contributed by atoms with E-state index in [1.54, 1.807) is 37.7 Å². The summed E-state index contributed by atoms with van der Waals surface area (Å²) in [5.74, 6) is -2.26. The minimum atomic E-state index is -0.957. The van der Waals surface area contributed by atoms with Crippen LogP contribution in [-0.2, 0) is 33.5 Å². The number of esters is 2. The summed E-state index contributed by atoms with van der Waals surface area (Å²) in [6.45, 7) is 6.27. The molecule has 2 aromatic heterocycles. The first-order valence-electron chi connectivity index (χ1n) is 12.2. The lowest BCUT2D eigenvalue weighted by Gasteiger charge is -2.49. The predicted octanol–water partition coefficient (Wildman–Crippen LogP) is 2.30. The summed E-state index contributed by atoms with van der Waals surface area (Å²) in [5, 5.41) is 7.59. The Morgan fingerprint density at radius 1 is 1.24 bits per heavy atom. The molecule has 41 heavy (non-hydrogen) atoms. The molecule has 2 aromatic rings. The third kappa shape index (κ3) is 6.60. The molecule has 0 radical (unpaired) electrons. The van der Waals surface area contributed by atoms with Crippen molar-refractivity contribution in [2.24, 2.45) is 10.6 Å². The summed E-state index contributed by atoms with van der Waals surface area (Å²) in [7, 11) is 1.28. The Kier molecular flexibility index (Phi) is 9.14. The molecule has 0 saturated carbocycles. The molecule has 16 heteroatoms. The number of nitrogens with one attached hydrogen (secondary N) is 1. The highest BCUT2D eigenvalue weighted by Crippen LogP contribution is 2.41. The molecule has 0 spiro atoms. The number of nitrogens with zero attached hydrogens (tertiary/aromatic N) is 4. The molecule has 218 valence electrons. The van der Waals surface area contributed by atoms with E-state index in [0.29, 0.717) is 11.3 Å². The van der Waals surface area contributed by atoms with Crippen molar-refractivity contribution in [3.63, 3.8) is 0 Å². The molecule has 4 rings (SSSR count). The van der Waals surface area contributed by atoms with Gasteiger partial charge in [0.25, 0.3) is 11.8 Å². The third-order valence-electron chi connectivity index (χ3n) is 5.85. The monoisotopic (exact) mass is 620 g/mol. The number of β-lactam (4-membered cyclic amide) rings is 1. The van der Waals surface area contributed by atoms with Gasteiger partial charge in [0.05, 0.1) is 16.6 Å². The quantitative estimate of drug-likeness (QED) is 0.138. The number of anilines is 1. The van der Waals surface area contributed by atoms with Gasteiger partial charge in [0.2, 0.25) is 6.79 Å². The van der Waals surface area contributed by atoms with Crippen molar-refractivity contribution in [3.8, 4) is 0 Å². The number of carbonyl (C=O) groups excluding carboxylic acids is 4. The van der Waals surface area contributed by atoms with Crippen LogP contribution in [0, 0.1) is 12.3 Å². The van der Waals surface area contributed by atoms with E-state index in [2.05, 4.69) is 20.4 Å². The third-order valence-corrected chi connectivity index (χ3v) is 8.72. The molecule has 0 unspecified atom stereocenters. The van der Waals surface area contributed by atoms with Gasteiger partial charge in [0, 0.05) is 16.0 Å². The van der Waals surface area contributed by atoms with Gasteiger partial charge < -0.3 is 25.4 Å². The fourth-order valence-electron chi connectivity index (χ4n) is 3.73. The Labute approximate surface area is 247 Å². The highest BCUT2D eigenvalue weighted by Gasteiger charge is 2.54. The number of ether oxygens (including phenoxy) is 2. The topological polar surface area (TPSA) is 175 Å². The Balaban J connectivity index is 1.55. The number of aromatic nitrogens is 2. The summed E-state index contributed by atoms with van der Waals surface area (Å²) in [5.41, 5.74) is 8.03. The molecular weight excluding hydrogens is 593 g/mol. The number of hydrogen-bond acceptors (Lipinski definition) is 14. The largest absolute Gasteiger partial charge is 0.427 e. The molecule has 1 fully saturated rings. The number of fused-ring (bicyclic) bond motifs is 1. The minimum absolute atomic E-state index is 0.00697. The summed E-state index contributed by atoms with van der Waals surface area (Å²) in [6, 6.07) is -0.957. The van der Waals surface area contributed by atoms with Gasteiger partial charge in [-0.1, -0.05) is 11.2 Å². The van der Waals surface area contributed by atoms with E-state index in [-0.39, 0.29) is 22.2 Å². The number of allylic oxidation sites excluding steroid dienone is 1. The van der Waals surface area contributed by atoms with E-state index in [4.69, 9.17) is 20.0 Å². The number of nitrogen functional groups attached to an aromatic ring is 1. The second-order valence-corrected chi connectivity index (χ2v) is 12.7. The highest BCUT2D eigenvalue weighted by atomic mass is 32.2. The van der Waals surface area contributed by atoms with Crippen LogP contribution in [0.4, 0.5) is 5.13 Å². The molecule has 2 aliphatic heterocycles.